The molecule has 1 aromatic heterocycles. The summed E-state index contributed by atoms with van der Waals surface area (Å²) >= 11 is 1.21. The fraction of sp³-hybridized carbons (Fsp3) is 0.400. The number of Topliss-reactive ketones (excluding diaryl/α,β-unsaturated/α-hetero) is 1. The van der Waals surface area contributed by atoms with Gasteiger partial charge in [0.1, 0.15) is 4.88 Å². The Morgan fingerprint density at radius 3 is 2.47 bits per heavy atom. The first-order chi connectivity index (χ1) is 9.00. The highest BCUT2D eigenvalue weighted by Crippen LogP contribution is 2.23. The van der Waals surface area contributed by atoms with E-state index in [1.807, 2.05) is 45.9 Å². The summed E-state index contributed by atoms with van der Waals surface area (Å²) in [5.74, 6) is 0.353. The summed E-state index contributed by atoms with van der Waals surface area (Å²) in [4.78, 5) is 13.1. The van der Waals surface area contributed by atoms with E-state index in [1.54, 1.807) is 0 Å². The van der Waals surface area contributed by atoms with E-state index in [9.17, 15) is 4.79 Å². The fourth-order valence-electron chi connectivity index (χ4n) is 2.14. The van der Waals surface area contributed by atoms with Crippen LogP contribution in [0.2, 0.25) is 0 Å². The van der Waals surface area contributed by atoms with E-state index in [0.717, 1.165) is 22.4 Å². The molecule has 4 heteroatoms. The molecule has 0 bridgehead atoms. The van der Waals surface area contributed by atoms with Crippen molar-refractivity contribution in [3.05, 3.63) is 45.5 Å². The van der Waals surface area contributed by atoms with Crippen LogP contribution >= 0.6 is 11.5 Å². The molecule has 19 heavy (non-hydrogen) atoms. The number of ketones is 1. The molecule has 100 valence electrons. The predicted molar refractivity (Wildman–Crippen MR) is 77.9 cm³/mol. The number of carbonyl (C=O) groups excluding carboxylic acids is 1. The van der Waals surface area contributed by atoms with Crippen molar-refractivity contribution < 1.29 is 4.79 Å². The average Bonchev–Trinajstić information content (AvgIpc) is 2.83. The van der Waals surface area contributed by atoms with Crippen molar-refractivity contribution in [2.45, 2.75) is 40.0 Å². The van der Waals surface area contributed by atoms with Crippen LogP contribution in [0.4, 0.5) is 0 Å². The summed E-state index contributed by atoms with van der Waals surface area (Å²) in [5, 5.41) is 4.07. The van der Waals surface area contributed by atoms with Crippen LogP contribution in [0, 0.1) is 13.8 Å². The standard InChI is InChI=1S/C15H18N2OS/c1-9(2)14-15(19-17-16-14)13(18)8-12-10(3)6-5-7-11(12)4/h5-7,9H,8H2,1-4H3. The van der Waals surface area contributed by atoms with Crippen molar-refractivity contribution in [2.75, 3.05) is 0 Å². The minimum Gasteiger partial charge on any atom is -0.293 e. The maximum absolute atomic E-state index is 12.4. The van der Waals surface area contributed by atoms with Crippen molar-refractivity contribution in [2.24, 2.45) is 0 Å². The van der Waals surface area contributed by atoms with Gasteiger partial charge in [-0.3, -0.25) is 4.79 Å². The first-order valence-corrected chi connectivity index (χ1v) is 7.18. The van der Waals surface area contributed by atoms with Gasteiger partial charge in [0, 0.05) is 6.42 Å². The third-order valence-corrected chi connectivity index (χ3v) is 4.08. The van der Waals surface area contributed by atoms with Gasteiger partial charge < -0.3 is 0 Å². The number of nitrogens with zero attached hydrogens (tertiary/aromatic N) is 2. The number of rotatable bonds is 4. The number of aryl methyl sites for hydroxylation is 2. The molecule has 0 radical (unpaired) electrons. The summed E-state index contributed by atoms with van der Waals surface area (Å²) in [6.45, 7) is 8.16. The lowest BCUT2D eigenvalue weighted by molar-refractivity contribution is 0.0995. The molecule has 0 aliphatic carbocycles. The minimum absolute atomic E-state index is 0.121. The van der Waals surface area contributed by atoms with Gasteiger partial charge >= 0.3 is 0 Å². The molecule has 2 aromatic rings. The van der Waals surface area contributed by atoms with E-state index in [1.165, 1.54) is 11.5 Å². The maximum Gasteiger partial charge on any atom is 0.180 e. The molecule has 0 unspecified atom stereocenters. The second kappa shape index (κ2) is 5.61. The lowest BCUT2D eigenvalue weighted by atomic mass is 9.96. The highest BCUT2D eigenvalue weighted by molar-refractivity contribution is 7.08. The summed E-state index contributed by atoms with van der Waals surface area (Å²) in [5.41, 5.74) is 4.27. The van der Waals surface area contributed by atoms with E-state index in [4.69, 9.17) is 0 Å². The number of hydrogen-bond acceptors (Lipinski definition) is 4. The highest BCUT2D eigenvalue weighted by atomic mass is 32.1. The molecule has 1 aromatic carbocycles. The third kappa shape index (κ3) is 2.89. The summed E-state index contributed by atoms with van der Waals surface area (Å²) in [6, 6.07) is 6.11. The Labute approximate surface area is 117 Å². The zero-order valence-corrected chi connectivity index (χ0v) is 12.5. The fourth-order valence-corrected chi connectivity index (χ4v) is 2.89. The Balaban J connectivity index is 2.29. The quantitative estimate of drug-likeness (QED) is 0.798. The third-order valence-electron chi connectivity index (χ3n) is 3.30. The Morgan fingerprint density at radius 1 is 1.26 bits per heavy atom. The number of hydrogen-bond donors (Lipinski definition) is 0. The molecule has 0 atom stereocenters. The molecule has 0 aliphatic rings. The monoisotopic (exact) mass is 274 g/mol. The number of aromatic nitrogens is 2. The van der Waals surface area contributed by atoms with E-state index < -0.39 is 0 Å². The zero-order valence-electron chi connectivity index (χ0n) is 11.7. The lowest BCUT2D eigenvalue weighted by Crippen LogP contribution is -2.08. The van der Waals surface area contributed by atoms with Gasteiger partial charge in [-0.25, -0.2) is 0 Å². The van der Waals surface area contributed by atoms with Crippen LogP contribution in [0.3, 0.4) is 0 Å². The molecule has 0 N–H and O–H groups in total. The Kier molecular flexibility index (Phi) is 4.10. The molecule has 0 fully saturated rings. The Morgan fingerprint density at radius 2 is 1.89 bits per heavy atom. The highest BCUT2D eigenvalue weighted by Gasteiger charge is 2.19. The van der Waals surface area contributed by atoms with Gasteiger partial charge in [-0.1, -0.05) is 36.5 Å². The van der Waals surface area contributed by atoms with Gasteiger partial charge in [0.05, 0.1) is 5.69 Å². The van der Waals surface area contributed by atoms with Crippen LogP contribution in [0.5, 0.6) is 0 Å². The van der Waals surface area contributed by atoms with Crippen molar-refractivity contribution in [3.8, 4) is 0 Å². The largest absolute Gasteiger partial charge is 0.293 e. The summed E-state index contributed by atoms with van der Waals surface area (Å²) < 4.78 is 3.92. The average molecular weight is 274 g/mol. The second-order valence-electron chi connectivity index (χ2n) is 5.11. The summed E-state index contributed by atoms with van der Waals surface area (Å²) in [7, 11) is 0. The van der Waals surface area contributed by atoms with Crippen LogP contribution < -0.4 is 0 Å². The summed E-state index contributed by atoms with van der Waals surface area (Å²) in [6.07, 6.45) is 0.433. The van der Waals surface area contributed by atoms with Crippen molar-refractivity contribution in [1.82, 2.24) is 9.59 Å². The van der Waals surface area contributed by atoms with E-state index in [-0.39, 0.29) is 11.7 Å². The van der Waals surface area contributed by atoms with Gasteiger partial charge in [-0.2, -0.15) is 0 Å². The maximum atomic E-state index is 12.4. The number of benzene rings is 1. The predicted octanol–water partition coefficient (Wildman–Crippen LogP) is 3.70. The SMILES string of the molecule is Cc1cccc(C)c1CC(=O)c1snnc1C(C)C. The lowest BCUT2D eigenvalue weighted by Gasteiger charge is -2.09. The molecule has 0 saturated heterocycles. The smallest absolute Gasteiger partial charge is 0.180 e. The molecule has 0 saturated carbocycles. The van der Waals surface area contributed by atoms with Crippen LogP contribution in [0.1, 0.15) is 51.8 Å². The van der Waals surface area contributed by atoms with E-state index in [0.29, 0.717) is 11.3 Å². The normalized spacial score (nSPS) is 11.0. The molecule has 1 heterocycles. The van der Waals surface area contributed by atoms with Crippen LogP contribution in [-0.2, 0) is 6.42 Å². The molecular weight excluding hydrogens is 256 g/mol. The van der Waals surface area contributed by atoms with E-state index in [2.05, 4.69) is 9.59 Å². The molecule has 0 spiro atoms. The molecule has 0 amide bonds. The molecule has 3 nitrogen and oxygen atoms in total. The van der Waals surface area contributed by atoms with Crippen molar-refractivity contribution >= 4 is 17.3 Å². The molecule has 0 aliphatic heterocycles. The van der Waals surface area contributed by atoms with Gasteiger partial charge in [0.2, 0.25) is 0 Å². The van der Waals surface area contributed by atoms with Gasteiger partial charge in [-0.15, -0.1) is 5.10 Å². The van der Waals surface area contributed by atoms with Crippen LogP contribution in [0.15, 0.2) is 18.2 Å². The molecular formula is C15H18N2OS. The topological polar surface area (TPSA) is 42.9 Å². The van der Waals surface area contributed by atoms with Crippen LogP contribution in [-0.4, -0.2) is 15.4 Å². The zero-order chi connectivity index (χ0) is 14.0. The van der Waals surface area contributed by atoms with Crippen molar-refractivity contribution in [3.63, 3.8) is 0 Å². The van der Waals surface area contributed by atoms with Gasteiger partial charge in [0.25, 0.3) is 0 Å². The van der Waals surface area contributed by atoms with Crippen LogP contribution in [0.25, 0.3) is 0 Å². The number of carbonyl (C=O) groups is 1. The van der Waals surface area contributed by atoms with Gasteiger partial charge in [-0.05, 0) is 48.0 Å². The van der Waals surface area contributed by atoms with E-state index >= 15 is 0 Å². The first-order valence-electron chi connectivity index (χ1n) is 6.41. The van der Waals surface area contributed by atoms with Gasteiger partial charge in [0.15, 0.2) is 5.78 Å². The second-order valence-corrected chi connectivity index (χ2v) is 5.87. The Bertz CT molecular complexity index is 582. The molecule has 2 rings (SSSR count). The first kappa shape index (κ1) is 13.9. The Hall–Kier alpha value is -1.55. The minimum atomic E-state index is 0.121. The van der Waals surface area contributed by atoms with Crippen molar-refractivity contribution in [1.29, 1.82) is 0 Å².